The number of ether oxygens (including phenoxy) is 1. The van der Waals surface area contributed by atoms with E-state index in [0.717, 1.165) is 51.4 Å². The molecule has 0 aliphatic heterocycles. The van der Waals surface area contributed by atoms with Crippen LogP contribution in [0, 0.1) is 0 Å². The Hall–Kier alpha value is -1.84. The van der Waals surface area contributed by atoms with Gasteiger partial charge in [-0.15, -0.1) is 0 Å². The van der Waals surface area contributed by atoms with Crippen molar-refractivity contribution in [1.82, 2.24) is 0 Å². The quantitative estimate of drug-likeness (QED) is 0.0482. The molecule has 0 fully saturated rings. The van der Waals surface area contributed by atoms with Crippen molar-refractivity contribution in [1.29, 1.82) is 0 Å². The van der Waals surface area contributed by atoms with Crippen LogP contribution in [0.2, 0.25) is 0 Å². The van der Waals surface area contributed by atoms with Crippen LogP contribution in [0.15, 0.2) is 36.5 Å². The summed E-state index contributed by atoms with van der Waals surface area (Å²) in [6, 6.07) is 0. The number of carbonyl (C=O) groups is 2. The van der Waals surface area contributed by atoms with Crippen LogP contribution < -0.4 is 0 Å². The van der Waals surface area contributed by atoms with Crippen molar-refractivity contribution in [2.24, 2.45) is 0 Å². The second-order valence-electron chi connectivity index (χ2n) is 12.0. The summed E-state index contributed by atoms with van der Waals surface area (Å²) >= 11 is 0. The highest BCUT2D eigenvalue weighted by Gasteiger charge is 2.14. The highest BCUT2D eigenvalue weighted by atomic mass is 16.5. The Morgan fingerprint density at radius 2 is 0.929 bits per heavy atom. The summed E-state index contributed by atoms with van der Waals surface area (Å²) in [7, 11) is 0. The number of rotatable bonds is 32. The molecule has 1 unspecified atom stereocenters. The largest absolute Gasteiger partial charge is 0.481 e. The number of carboxylic acid groups (broad SMARTS) is 1. The van der Waals surface area contributed by atoms with E-state index in [2.05, 4.69) is 50.3 Å². The standard InChI is InChI=1S/C38H68O4/c1-3-5-7-9-10-11-12-13-14-15-16-17-18-19-20-21-22-23-24-26-31-35-38(41)42-36(32-28-25-8-6-4-2)33-29-27-30-34-37(39)40/h10-11,13-14,19-20,36H,3-9,12,15-18,21-35H2,1-2H3,(H,39,40)/b11-10-,14-13-,20-19-. The van der Waals surface area contributed by atoms with Crippen LogP contribution in [0.1, 0.15) is 187 Å². The minimum atomic E-state index is -0.730. The topological polar surface area (TPSA) is 63.6 Å². The minimum Gasteiger partial charge on any atom is -0.481 e. The Balaban J connectivity index is 3.76. The van der Waals surface area contributed by atoms with Gasteiger partial charge in [0.05, 0.1) is 0 Å². The summed E-state index contributed by atoms with van der Waals surface area (Å²) in [6.07, 6.45) is 43.1. The smallest absolute Gasteiger partial charge is 0.306 e. The van der Waals surface area contributed by atoms with Gasteiger partial charge in [-0.1, -0.05) is 115 Å². The van der Waals surface area contributed by atoms with Crippen molar-refractivity contribution in [3.05, 3.63) is 36.5 Å². The molecule has 0 saturated carbocycles. The maximum atomic E-state index is 12.5. The van der Waals surface area contributed by atoms with Crippen LogP contribution in [0.4, 0.5) is 0 Å². The van der Waals surface area contributed by atoms with E-state index in [1.54, 1.807) is 0 Å². The van der Waals surface area contributed by atoms with Crippen molar-refractivity contribution in [3.63, 3.8) is 0 Å². The molecule has 0 heterocycles. The van der Waals surface area contributed by atoms with E-state index in [1.807, 2.05) is 0 Å². The normalized spacial score (nSPS) is 12.6. The Morgan fingerprint density at radius 1 is 0.524 bits per heavy atom. The van der Waals surface area contributed by atoms with Crippen LogP contribution in [-0.2, 0) is 14.3 Å². The molecule has 0 aromatic heterocycles. The second-order valence-corrected chi connectivity index (χ2v) is 12.0. The van der Waals surface area contributed by atoms with Crippen molar-refractivity contribution in [2.75, 3.05) is 0 Å². The summed E-state index contributed by atoms with van der Waals surface area (Å²) in [5.74, 6) is -0.779. The summed E-state index contributed by atoms with van der Waals surface area (Å²) < 4.78 is 5.86. The SMILES string of the molecule is CCCCC/C=C\C/C=C\CCCC/C=C\CCCCCCCC(=O)OC(CCCCCCC)CCCCCC(=O)O. The number of aliphatic carboxylic acids is 1. The zero-order valence-corrected chi connectivity index (χ0v) is 27.8. The van der Waals surface area contributed by atoms with E-state index in [-0.39, 0.29) is 18.5 Å². The van der Waals surface area contributed by atoms with E-state index in [9.17, 15) is 9.59 Å². The molecule has 0 rings (SSSR count). The van der Waals surface area contributed by atoms with Gasteiger partial charge in [0.25, 0.3) is 0 Å². The third-order valence-electron chi connectivity index (χ3n) is 7.83. The lowest BCUT2D eigenvalue weighted by atomic mass is 10.0. The molecular formula is C38H68O4. The number of hydrogen-bond donors (Lipinski definition) is 1. The highest BCUT2D eigenvalue weighted by Crippen LogP contribution is 2.18. The number of carboxylic acids is 1. The van der Waals surface area contributed by atoms with Crippen molar-refractivity contribution in [2.45, 2.75) is 193 Å². The first-order valence-corrected chi connectivity index (χ1v) is 18.0. The number of esters is 1. The average Bonchev–Trinajstić information content (AvgIpc) is 2.97. The maximum Gasteiger partial charge on any atom is 0.306 e. The van der Waals surface area contributed by atoms with Gasteiger partial charge in [-0.25, -0.2) is 0 Å². The van der Waals surface area contributed by atoms with E-state index in [0.29, 0.717) is 12.8 Å². The number of hydrogen-bond acceptors (Lipinski definition) is 3. The van der Waals surface area contributed by atoms with Gasteiger partial charge in [-0.2, -0.15) is 0 Å². The zero-order valence-electron chi connectivity index (χ0n) is 27.8. The van der Waals surface area contributed by atoms with E-state index >= 15 is 0 Å². The van der Waals surface area contributed by atoms with Gasteiger partial charge in [0.1, 0.15) is 6.10 Å². The van der Waals surface area contributed by atoms with Crippen LogP contribution in [0.5, 0.6) is 0 Å². The van der Waals surface area contributed by atoms with Crippen molar-refractivity contribution in [3.8, 4) is 0 Å². The van der Waals surface area contributed by atoms with Crippen LogP contribution in [0.25, 0.3) is 0 Å². The Labute approximate surface area is 260 Å². The molecular weight excluding hydrogens is 520 g/mol. The van der Waals surface area contributed by atoms with Gasteiger partial charge < -0.3 is 9.84 Å². The zero-order chi connectivity index (χ0) is 30.8. The fourth-order valence-corrected chi connectivity index (χ4v) is 5.15. The molecule has 0 bridgehead atoms. The predicted molar refractivity (Wildman–Crippen MR) is 181 cm³/mol. The Bertz CT molecular complexity index is 679. The third kappa shape index (κ3) is 32.7. The molecule has 4 heteroatoms. The number of unbranched alkanes of at least 4 members (excludes halogenated alkanes) is 17. The second kappa shape index (κ2) is 33.7. The molecule has 0 radical (unpaired) electrons. The summed E-state index contributed by atoms with van der Waals surface area (Å²) in [4.78, 5) is 23.2. The van der Waals surface area contributed by atoms with Crippen LogP contribution in [0.3, 0.4) is 0 Å². The Morgan fingerprint density at radius 3 is 1.52 bits per heavy atom. The summed E-state index contributed by atoms with van der Waals surface area (Å²) in [5, 5.41) is 8.81. The molecule has 0 aromatic carbocycles. The first-order chi connectivity index (χ1) is 20.6. The minimum absolute atomic E-state index is 0.000429. The summed E-state index contributed by atoms with van der Waals surface area (Å²) in [6.45, 7) is 4.47. The fourth-order valence-electron chi connectivity index (χ4n) is 5.15. The van der Waals surface area contributed by atoms with Gasteiger partial charge in [0.15, 0.2) is 0 Å². The molecule has 0 amide bonds. The van der Waals surface area contributed by atoms with E-state index in [1.165, 1.54) is 103 Å². The molecule has 0 aliphatic rings. The first-order valence-electron chi connectivity index (χ1n) is 18.0. The van der Waals surface area contributed by atoms with Crippen molar-refractivity contribution >= 4 is 11.9 Å². The lowest BCUT2D eigenvalue weighted by Crippen LogP contribution is -2.18. The molecule has 0 spiro atoms. The number of allylic oxidation sites excluding steroid dienone is 6. The van der Waals surface area contributed by atoms with Gasteiger partial charge in [0.2, 0.25) is 0 Å². The molecule has 1 atom stereocenters. The third-order valence-corrected chi connectivity index (χ3v) is 7.83. The molecule has 42 heavy (non-hydrogen) atoms. The van der Waals surface area contributed by atoms with Gasteiger partial charge >= 0.3 is 11.9 Å². The lowest BCUT2D eigenvalue weighted by Gasteiger charge is -2.18. The van der Waals surface area contributed by atoms with Gasteiger partial charge in [-0.3, -0.25) is 9.59 Å². The van der Waals surface area contributed by atoms with Gasteiger partial charge in [-0.05, 0) is 96.3 Å². The molecule has 1 N–H and O–H groups in total. The summed E-state index contributed by atoms with van der Waals surface area (Å²) in [5.41, 5.74) is 0. The van der Waals surface area contributed by atoms with Crippen LogP contribution in [-0.4, -0.2) is 23.1 Å². The molecule has 0 saturated heterocycles. The number of carbonyl (C=O) groups excluding carboxylic acids is 1. The monoisotopic (exact) mass is 589 g/mol. The lowest BCUT2D eigenvalue weighted by molar-refractivity contribution is -0.150. The highest BCUT2D eigenvalue weighted by molar-refractivity contribution is 5.69. The average molecular weight is 589 g/mol. The van der Waals surface area contributed by atoms with E-state index in [4.69, 9.17) is 9.84 Å². The molecule has 244 valence electrons. The molecule has 0 aliphatic carbocycles. The molecule has 0 aromatic rings. The molecule has 4 nitrogen and oxygen atoms in total. The van der Waals surface area contributed by atoms with Crippen LogP contribution >= 0.6 is 0 Å². The predicted octanol–water partition coefficient (Wildman–Crippen LogP) is 12.2. The van der Waals surface area contributed by atoms with E-state index < -0.39 is 5.97 Å². The first kappa shape index (κ1) is 40.2. The van der Waals surface area contributed by atoms with Gasteiger partial charge in [0, 0.05) is 12.8 Å². The van der Waals surface area contributed by atoms with Crippen molar-refractivity contribution < 1.29 is 19.4 Å². The maximum absolute atomic E-state index is 12.5. The Kier molecular flexibility index (Phi) is 32.2. The fraction of sp³-hybridized carbons (Fsp3) is 0.789.